The number of rotatable bonds is 5. The van der Waals surface area contributed by atoms with E-state index >= 15 is 0 Å². The van der Waals surface area contributed by atoms with Crippen molar-refractivity contribution < 1.29 is 9.52 Å². The largest absolute Gasteiger partial charge is 0.619 e. The molecule has 0 saturated carbocycles. The van der Waals surface area contributed by atoms with E-state index in [0.717, 1.165) is 10.1 Å². The number of carbonyl (C=O) groups excluding carboxylic acids is 1. The summed E-state index contributed by atoms with van der Waals surface area (Å²) in [5.74, 6) is 0.522. The van der Waals surface area contributed by atoms with Crippen molar-refractivity contribution in [2.24, 2.45) is 0 Å². The number of thioether (sulfide) groups is 1. The number of amides is 1. The average molecular weight is 350 g/mol. The minimum absolute atomic E-state index is 0.313. The van der Waals surface area contributed by atoms with Gasteiger partial charge in [0.1, 0.15) is 0 Å². The molecule has 0 aliphatic heterocycles. The van der Waals surface area contributed by atoms with E-state index in [-0.39, 0.29) is 5.91 Å². The Morgan fingerprint density at radius 3 is 2.86 bits per heavy atom. The van der Waals surface area contributed by atoms with Gasteiger partial charge >= 0.3 is 0 Å². The highest BCUT2D eigenvalue weighted by molar-refractivity contribution is 8.00. The van der Waals surface area contributed by atoms with Gasteiger partial charge in [-0.1, -0.05) is 29.2 Å². The van der Waals surface area contributed by atoms with Crippen molar-refractivity contribution in [3.8, 4) is 0 Å². The Hall–Kier alpha value is -1.97. The summed E-state index contributed by atoms with van der Waals surface area (Å²) in [6.07, 6.45) is 2.55. The van der Waals surface area contributed by atoms with Gasteiger partial charge in [0.2, 0.25) is 5.13 Å². The SMILES string of the molecule is O=C(Nc1nnc(SCc2cccs2)s1)c1cc[n+]([O-])cc1. The maximum Gasteiger partial charge on any atom is 0.257 e. The Labute approximate surface area is 138 Å². The minimum Gasteiger partial charge on any atom is -0.619 e. The van der Waals surface area contributed by atoms with Crippen molar-refractivity contribution in [3.05, 3.63) is 57.7 Å². The molecule has 0 unspecified atom stereocenters. The van der Waals surface area contributed by atoms with E-state index in [1.165, 1.54) is 40.7 Å². The predicted molar refractivity (Wildman–Crippen MR) is 87.1 cm³/mol. The number of thiophene rings is 1. The summed E-state index contributed by atoms with van der Waals surface area (Å²) in [4.78, 5) is 13.3. The second kappa shape index (κ2) is 6.86. The van der Waals surface area contributed by atoms with Crippen molar-refractivity contribution in [3.63, 3.8) is 0 Å². The molecule has 0 radical (unpaired) electrons. The molecule has 6 nitrogen and oxygen atoms in total. The van der Waals surface area contributed by atoms with Crippen LogP contribution in [0, 0.1) is 5.21 Å². The van der Waals surface area contributed by atoms with E-state index in [4.69, 9.17) is 0 Å². The molecule has 0 fully saturated rings. The fourth-order valence-corrected chi connectivity index (χ4v) is 4.10. The van der Waals surface area contributed by atoms with Crippen molar-refractivity contribution in [2.45, 2.75) is 10.1 Å². The standard InChI is InChI=1S/C13H10N4O2S3/c18-11(9-3-5-17(19)6-4-9)14-12-15-16-13(22-12)21-8-10-2-1-7-20-10/h1-7H,8H2,(H,14,15,18). The quantitative estimate of drug-likeness (QED) is 0.331. The molecule has 1 N–H and O–H groups in total. The van der Waals surface area contributed by atoms with Gasteiger partial charge in [0.05, 0.1) is 5.56 Å². The summed E-state index contributed by atoms with van der Waals surface area (Å²) in [5.41, 5.74) is 0.398. The van der Waals surface area contributed by atoms with Gasteiger partial charge in [-0.15, -0.1) is 21.5 Å². The number of pyridine rings is 1. The number of carbonyl (C=O) groups is 1. The molecule has 0 aliphatic rings. The molecule has 22 heavy (non-hydrogen) atoms. The van der Waals surface area contributed by atoms with E-state index < -0.39 is 0 Å². The minimum atomic E-state index is -0.313. The second-order valence-corrected chi connectivity index (χ2v) is 7.37. The molecular weight excluding hydrogens is 340 g/mol. The lowest BCUT2D eigenvalue weighted by atomic mass is 10.2. The second-order valence-electron chi connectivity index (χ2n) is 4.14. The van der Waals surface area contributed by atoms with Gasteiger partial charge in [0.15, 0.2) is 16.7 Å². The van der Waals surface area contributed by atoms with Crippen LogP contribution in [0.5, 0.6) is 0 Å². The first kappa shape index (κ1) is 14.9. The summed E-state index contributed by atoms with van der Waals surface area (Å²) in [6, 6.07) is 6.99. The molecule has 0 atom stereocenters. The smallest absolute Gasteiger partial charge is 0.257 e. The van der Waals surface area contributed by atoms with Crippen LogP contribution in [0.2, 0.25) is 0 Å². The summed E-state index contributed by atoms with van der Waals surface area (Å²) in [7, 11) is 0. The van der Waals surface area contributed by atoms with Crippen molar-refractivity contribution in [2.75, 3.05) is 5.32 Å². The van der Waals surface area contributed by atoms with Gasteiger partial charge in [-0.25, -0.2) is 0 Å². The molecule has 3 rings (SSSR count). The maximum absolute atomic E-state index is 12.0. The fraction of sp³-hybridized carbons (Fsp3) is 0.0769. The van der Waals surface area contributed by atoms with Gasteiger partial charge in [-0.05, 0) is 11.4 Å². The summed E-state index contributed by atoms with van der Waals surface area (Å²) in [5, 5.41) is 24.1. The van der Waals surface area contributed by atoms with E-state index in [9.17, 15) is 10.0 Å². The molecule has 0 aromatic carbocycles. The molecule has 1 amide bonds. The van der Waals surface area contributed by atoms with Gasteiger partial charge in [-0.2, -0.15) is 4.73 Å². The van der Waals surface area contributed by atoms with Gasteiger partial charge < -0.3 is 5.21 Å². The van der Waals surface area contributed by atoms with Crippen LogP contribution in [0.25, 0.3) is 0 Å². The topological polar surface area (TPSA) is 81.8 Å². The van der Waals surface area contributed by atoms with Gasteiger partial charge in [0.25, 0.3) is 5.91 Å². The molecular formula is C13H10N4O2S3. The highest BCUT2D eigenvalue weighted by Crippen LogP contribution is 2.29. The molecule has 0 spiro atoms. The van der Waals surface area contributed by atoms with Crippen LogP contribution in [0.4, 0.5) is 5.13 Å². The fourth-order valence-electron chi connectivity index (χ4n) is 1.58. The van der Waals surface area contributed by atoms with Crippen LogP contribution in [-0.2, 0) is 5.75 Å². The molecule has 0 bridgehead atoms. The maximum atomic E-state index is 12.0. The van der Waals surface area contributed by atoms with Crippen LogP contribution in [0.1, 0.15) is 15.2 Å². The predicted octanol–water partition coefficient (Wildman–Crippen LogP) is 2.78. The first-order valence-electron chi connectivity index (χ1n) is 6.19. The summed E-state index contributed by atoms with van der Waals surface area (Å²) in [6.45, 7) is 0. The highest BCUT2D eigenvalue weighted by Gasteiger charge is 2.11. The molecule has 0 aliphatic carbocycles. The van der Waals surface area contributed by atoms with Crippen molar-refractivity contribution >= 4 is 45.5 Å². The zero-order chi connectivity index (χ0) is 15.4. The zero-order valence-corrected chi connectivity index (χ0v) is 13.6. The van der Waals surface area contributed by atoms with Gasteiger partial charge in [0, 0.05) is 22.8 Å². The van der Waals surface area contributed by atoms with E-state index in [1.54, 1.807) is 23.1 Å². The normalized spacial score (nSPS) is 10.5. The van der Waals surface area contributed by atoms with Crippen LogP contribution < -0.4 is 10.0 Å². The third-order valence-electron chi connectivity index (χ3n) is 2.61. The van der Waals surface area contributed by atoms with Crippen LogP contribution in [-0.4, -0.2) is 16.1 Å². The van der Waals surface area contributed by atoms with E-state index in [1.807, 2.05) is 11.4 Å². The molecule has 0 saturated heterocycles. The van der Waals surface area contributed by atoms with Crippen LogP contribution in [0.3, 0.4) is 0 Å². The Kier molecular flexibility index (Phi) is 4.66. The van der Waals surface area contributed by atoms with E-state index in [0.29, 0.717) is 15.4 Å². The molecule has 3 heterocycles. The van der Waals surface area contributed by atoms with Crippen LogP contribution in [0.15, 0.2) is 46.4 Å². The third kappa shape index (κ3) is 3.81. The van der Waals surface area contributed by atoms with Crippen LogP contribution >= 0.6 is 34.4 Å². The van der Waals surface area contributed by atoms with Gasteiger partial charge in [-0.3, -0.25) is 10.1 Å². The van der Waals surface area contributed by atoms with Crippen molar-refractivity contribution in [1.82, 2.24) is 10.2 Å². The Morgan fingerprint density at radius 1 is 1.32 bits per heavy atom. The first-order chi connectivity index (χ1) is 10.7. The third-order valence-corrected chi connectivity index (χ3v) is 5.69. The lowest BCUT2D eigenvalue weighted by Crippen LogP contribution is -2.25. The highest BCUT2D eigenvalue weighted by atomic mass is 32.2. The van der Waals surface area contributed by atoms with E-state index in [2.05, 4.69) is 21.6 Å². The molecule has 9 heteroatoms. The number of aromatic nitrogens is 3. The number of nitrogens with one attached hydrogen (secondary N) is 1. The number of hydrogen-bond donors (Lipinski definition) is 1. The number of hydrogen-bond acceptors (Lipinski definition) is 7. The molecule has 112 valence electrons. The Balaban J connectivity index is 1.59. The number of anilines is 1. The monoisotopic (exact) mass is 350 g/mol. The lowest BCUT2D eigenvalue weighted by Gasteiger charge is -2.00. The zero-order valence-electron chi connectivity index (χ0n) is 11.1. The Bertz CT molecular complexity index is 756. The molecule has 3 aromatic rings. The van der Waals surface area contributed by atoms with Crippen molar-refractivity contribution in [1.29, 1.82) is 0 Å². The first-order valence-corrected chi connectivity index (χ1v) is 8.88. The Morgan fingerprint density at radius 2 is 2.14 bits per heavy atom. The molecule has 3 aromatic heterocycles. The lowest BCUT2D eigenvalue weighted by molar-refractivity contribution is -0.605. The summed E-state index contributed by atoms with van der Waals surface area (Å²) < 4.78 is 1.43. The average Bonchev–Trinajstić information content (AvgIpc) is 3.17. The summed E-state index contributed by atoms with van der Waals surface area (Å²) >= 11 is 4.61. The number of nitrogens with zero attached hydrogens (tertiary/aromatic N) is 3.